The van der Waals surface area contributed by atoms with Crippen LogP contribution in [0.5, 0.6) is 0 Å². The van der Waals surface area contributed by atoms with Gasteiger partial charge in [0.2, 0.25) is 0 Å². The zero-order chi connectivity index (χ0) is 13.8. The number of anilines is 1. The van der Waals surface area contributed by atoms with E-state index < -0.39 is 5.97 Å². The molecule has 5 nitrogen and oxygen atoms in total. The molecule has 5 heteroatoms. The van der Waals surface area contributed by atoms with Gasteiger partial charge in [0.1, 0.15) is 5.82 Å². The lowest BCUT2D eigenvalue weighted by molar-refractivity contribution is -0.137. The second kappa shape index (κ2) is 5.80. The Labute approximate surface area is 108 Å². The average Bonchev–Trinajstić information content (AvgIpc) is 2.17. The first-order chi connectivity index (χ1) is 8.28. The summed E-state index contributed by atoms with van der Waals surface area (Å²) in [6.45, 7) is 8.12. The van der Waals surface area contributed by atoms with Gasteiger partial charge in [-0.05, 0) is 18.8 Å². The fourth-order valence-electron chi connectivity index (χ4n) is 1.87. The molecule has 0 bridgehead atoms. The van der Waals surface area contributed by atoms with Gasteiger partial charge < -0.3 is 10.4 Å². The monoisotopic (exact) mass is 251 g/mol. The minimum atomic E-state index is -0.807. The number of nitrogens with one attached hydrogen (secondary N) is 1. The van der Waals surface area contributed by atoms with Crippen LogP contribution in [0.15, 0.2) is 12.4 Å². The molecule has 1 aromatic heterocycles. The van der Waals surface area contributed by atoms with Gasteiger partial charge in [-0.15, -0.1) is 0 Å². The number of nitrogens with zero attached hydrogens (tertiary/aromatic N) is 2. The maximum absolute atomic E-state index is 10.9. The predicted octanol–water partition coefficient (Wildman–Crippen LogP) is 2.48. The summed E-state index contributed by atoms with van der Waals surface area (Å²) in [6.07, 6.45) is 4.06. The van der Waals surface area contributed by atoms with E-state index in [9.17, 15) is 4.79 Å². The number of rotatable bonds is 5. The van der Waals surface area contributed by atoms with Gasteiger partial charge in [0.25, 0.3) is 0 Å². The Kier molecular flexibility index (Phi) is 4.64. The molecule has 0 saturated carbocycles. The highest BCUT2D eigenvalue weighted by atomic mass is 16.4. The molecule has 1 rings (SSSR count). The summed E-state index contributed by atoms with van der Waals surface area (Å²) in [5, 5.41) is 12.1. The maximum atomic E-state index is 10.9. The number of aromatic nitrogens is 2. The van der Waals surface area contributed by atoms with Crippen LogP contribution in [0.1, 0.15) is 39.3 Å². The summed E-state index contributed by atoms with van der Waals surface area (Å²) >= 11 is 0. The summed E-state index contributed by atoms with van der Waals surface area (Å²) in [5.74, 6) is -0.147. The molecule has 0 radical (unpaired) electrons. The Morgan fingerprint density at radius 1 is 1.39 bits per heavy atom. The Morgan fingerprint density at radius 2 is 2.00 bits per heavy atom. The molecule has 2 N–H and O–H groups in total. The van der Waals surface area contributed by atoms with Crippen molar-refractivity contribution in [2.75, 3.05) is 5.32 Å². The number of hydrogen-bond donors (Lipinski definition) is 2. The van der Waals surface area contributed by atoms with E-state index in [0.717, 1.165) is 12.1 Å². The first kappa shape index (κ1) is 14.4. The van der Waals surface area contributed by atoms with Crippen LogP contribution in [0.4, 0.5) is 5.82 Å². The van der Waals surface area contributed by atoms with Crippen molar-refractivity contribution in [1.82, 2.24) is 9.97 Å². The van der Waals surface area contributed by atoms with E-state index >= 15 is 0 Å². The van der Waals surface area contributed by atoms with Crippen LogP contribution in [0.3, 0.4) is 0 Å². The van der Waals surface area contributed by atoms with Gasteiger partial charge in [0, 0.05) is 18.4 Å². The van der Waals surface area contributed by atoms with Gasteiger partial charge in [0.15, 0.2) is 0 Å². The minimum Gasteiger partial charge on any atom is -0.481 e. The van der Waals surface area contributed by atoms with Crippen LogP contribution in [-0.2, 0) is 4.79 Å². The molecule has 1 atom stereocenters. The van der Waals surface area contributed by atoms with E-state index in [1.807, 2.05) is 6.92 Å². The van der Waals surface area contributed by atoms with Crippen molar-refractivity contribution < 1.29 is 9.90 Å². The summed E-state index contributed by atoms with van der Waals surface area (Å²) in [7, 11) is 0. The maximum Gasteiger partial charge on any atom is 0.305 e. The van der Waals surface area contributed by atoms with Crippen LogP contribution in [0.25, 0.3) is 0 Å². The van der Waals surface area contributed by atoms with E-state index in [2.05, 4.69) is 36.1 Å². The normalized spacial score (nSPS) is 13.1. The van der Waals surface area contributed by atoms with Crippen molar-refractivity contribution >= 4 is 11.8 Å². The Hall–Kier alpha value is -1.65. The van der Waals surface area contributed by atoms with E-state index in [-0.39, 0.29) is 17.9 Å². The molecule has 0 aliphatic heterocycles. The third-order valence-corrected chi connectivity index (χ3v) is 2.50. The molecule has 0 spiro atoms. The van der Waals surface area contributed by atoms with Crippen LogP contribution in [-0.4, -0.2) is 27.1 Å². The fraction of sp³-hybridized carbons (Fsp3) is 0.615. The largest absolute Gasteiger partial charge is 0.481 e. The Morgan fingerprint density at radius 3 is 2.50 bits per heavy atom. The molecule has 0 amide bonds. The first-order valence-electron chi connectivity index (χ1n) is 6.04. The molecule has 0 saturated heterocycles. The summed E-state index contributed by atoms with van der Waals surface area (Å²) in [6, 6.07) is -0.141. The van der Waals surface area contributed by atoms with Crippen LogP contribution < -0.4 is 5.32 Å². The van der Waals surface area contributed by atoms with Gasteiger partial charge in [0.05, 0.1) is 12.1 Å². The smallest absolute Gasteiger partial charge is 0.305 e. The quantitative estimate of drug-likeness (QED) is 0.840. The lowest BCUT2D eigenvalue weighted by Gasteiger charge is -2.26. The second-order valence-electron chi connectivity index (χ2n) is 5.69. The van der Waals surface area contributed by atoms with Gasteiger partial charge in [-0.3, -0.25) is 9.78 Å². The topological polar surface area (TPSA) is 75.1 Å². The van der Waals surface area contributed by atoms with Crippen LogP contribution >= 0.6 is 0 Å². The number of carboxylic acids is 1. The van der Waals surface area contributed by atoms with E-state index in [4.69, 9.17) is 5.11 Å². The van der Waals surface area contributed by atoms with Gasteiger partial charge in [-0.25, -0.2) is 4.98 Å². The molecular formula is C13H21N3O2. The predicted molar refractivity (Wildman–Crippen MR) is 70.5 cm³/mol. The highest BCUT2D eigenvalue weighted by Crippen LogP contribution is 2.24. The molecule has 0 aliphatic carbocycles. The SMILES string of the molecule is Cc1nccnc1NC(CC(=O)O)CC(C)(C)C. The minimum absolute atomic E-state index is 0.0588. The second-order valence-corrected chi connectivity index (χ2v) is 5.69. The molecule has 100 valence electrons. The van der Waals surface area contributed by atoms with Crippen molar-refractivity contribution in [3.63, 3.8) is 0 Å². The van der Waals surface area contributed by atoms with E-state index in [0.29, 0.717) is 5.82 Å². The molecule has 1 heterocycles. The number of aryl methyl sites for hydroxylation is 1. The highest BCUT2D eigenvalue weighted by molar-refractivity contribution is 5.68. The molecule has 0 aromatic carbocycles. The third kappa shape index (κ3) is 5.12. The Balaban J connectivity index is 2.78. The third-order valence-electron chi connectivity index (χ3n) is 2.50. The van der Waals surface area contributed by atoms with Gasteiger partial charge in [-0.1, -0.05) is 20.8 Å². The van der Waals surface area contributed by atoms with Gasteiger partial charge >= 0.3 is 5.97 Å². The van der Waals surface area contributed by atoms with Crippen LogP contribution in [0, 0.1) is 12.3 Å². The molecule has 0 aliphatic rings. The average molecular weight is 251 g/mol. The molecule has 0 fully saturated rings. The fourth-order valence-corrected chi connectivity index (χ4v) is 1.87. The number of carboxylic acid groups (broad SMARTS) is 1. The molecule has 18 heavy (non-hydrogen) atoms. The summed E-state index contributed by atoms with van der Waals surface area (Å²) < 4.78 is 0. The lowest BCUT2D eigenvalue weighted by atomic mass is 9.87. The van der Waals surface area contributed by atoms with Crippen molar-refractivity contribution in [2.45, 2.75) is 46.6 Å². The number of hydrogen-bond acceptors (Lipinski definition) is 4. The summed E-state index contributed by atoms with van der Waals surface area (Å²) in [4.78, 5) is 19.2. The van der Waals surface area contributed by atoms with Crippen molar-refractivity contribution in [1.29, 1.82) is 0 Å². The summed E-state index contributed by atoms with van der Waals surface area (Å²) in [5.41, 5.74) is 0.838. The molecular weight excluding hydrogens is 230 g/mol. The number of carbonyl (C=O) groups is 1. The zero-order valence-electron chi connectivity index (χ0n) is 11.4. The number of aliphatic carboxylic acids is 1. The van der Waals surface area contributed by atoms with E-state index in [1.165, 1.54) is 0 Å². The Bertz CT molecular complexity index is 413. The molecule has 1 unspecified atom stereocenters. The first-order valence-corrected chi connectivity index (χ1v) is 6.04. The van der Waals surface area contributed by atoms with Crippen molar-refractivity contribution in [3.8, 4) is 0 Å². The van der Waals surface area contributed by atoms with Crippen molar-refractivity contribution in [2.24, 2.45) is 5.41 Å². The van der Waals surface area contributed by atoms with Crippen LogP contribution in [0.2, 0.25) is 0 Å². The van der Waals surface area contributed by atoms with E-state index in [1.54, 1.807) is 12.4 Å². The zero-order valence-corrected chi connectivity index (χ0v) is 11.4. The van der Waals surface area contributed by atoms with Gasteiger partial charge in [-0.2, -0.15) is 0 Å². The standard InChI is InChI=1S/C13H21N3O2/c1-9-12(15-6-5-14-9)16-10(7-11(17)18)8-13(2,3)4/h5-6,10H,7-8H2,1-4H3,(H,15,16)(H,17,18). The molecule has 1 aromatic rings. The highest BCUT2D eigenvalue weighted by Gasteiger charge is 2.21. The van der Waals surface area contributed by atoms with Crippen molar-refractivity contribution in [3.05, 3.63) is 18.1 Å². The lowest BCUT2D eigenvalue weighted by Crippen LogP contribution is -2.29.